The van der Waals surface area contributed by atoms with E-state index in [-0.39, 0.29) is 17.8 Å². The molecule has 0 aromatic rings. The molecule has 0 radical (unpaired) electrons. The van der Waals surface area contributed by atoms with Crippen LogP contribution in [0.15, 0.2) is 0 Å². The minimum absolute atomic E-state index is 0.0433. The average molecular weight is 297 g/mol. The topological polar surface area (TPSA) is 61.9 Å². The Labute approximate surface area is 126 Å². The first-order valence-corrected chi connectivity index (χ1v) is 7.83. The van der Waals surface area contributed by atoms with Gasteiger partial charge in [0.25, 0.3) is 0 Å². The lowest BCUT2D eigenvalue weighted by Crippen LogP contribution is -2.56. The summed E-state index contributed by atoms with van der Waals surface area (Å²) >= 11 is 0. The zero-order chi connectivity index (χ0) is 15.4. The summed E-state index contributed by atoms with van der Waals surface area (Å²) in [5, 5.41) is 3.47. The van der Waals surface area contributed by atoms with Crippen LogP contribution in [-0.4, -0.2) is 73.6 Å². The Morgan fingerprint density at radius 3 is 2.24 bits per heavy atom. The first-order valence-electron chi connectivity index (χ1n) is 7.83. The van der Waals surface area contributed by atoms with Gasteiger partial charge in [-0.1, -0.05) is 0 Å². The number of nitrogens with zero attached hydrogens (tertiary/aromatic N) is 2. The number of amides is 1. The van der Waals surface area contributed by atoms with Gasteiger partial charge in [0.05, 0.1) is 19.6 Å². The van der Waals surface area contributed by atoms with Crippen LogP contribution >= 0.6 is 0 Å². The highest BCUT2D eigenvalue weighted by Gasteiger charge is 2.29. The Kier molecular flexibility index (Phi) is 5.58. The molecule has 1 amide bonds. The van der Waals surface area contributed by atoms with E-state index in [2.05, 4.69) is 24.1 Å². The van der Waals surface area contributed by atoms with Crippen molar-refractivity contribution >= 4 is 11.9 Å². The predicted molar refractivity (Wildman–Crippen MR) is 79.8 cm³/mol. The second kappa shape index (κ2) is 7.22. The number of hydrogen-bond acceptors (Lipinski definition) is 5. The van der Waals surface area contributed by atoms with Crippen LogP contribution in [0, 0.1) is 5.92 Å². The molecule has 2 unspecified atom stereocenters. The van der Waals surface area contributed by atoms with E-state index in [1.807, 2.05) is 4.90 Å². The first-order chi connectivity index (χ1) is 9.99. The normalized spacial score (nSPS) is 28.4. The van der Waals surface area contributed by atoms with Crippen molar-refractivity contribution < 1.29 is 14.3 Å². The molecule has 0 aromatic carbocycles. The van der Waals surface area contributed by atoms with Gasteiger partial charge in [0.2, 0.25) is 5.91 Å². The summed E-state index contributed by atoms with van der Waals surface area (Å²) in [6.07, 6.45) is 1.43. The number of methoxy groups -OCH3 is 1. The zero-order valence-electron chi connectivity index (χ0n) is 13.3. The fourth-order valence-corrected chi connectivity index (χ4v) is 3.39. The average Bonchev–Trinajstić information content (AvgIpc) is 2.45. The third-order valence-corrected chi connectivity index (χ3v) is 4.37. The lowest BCUT2D eigenvalue weighted by Gasteiger charge is -2.37. The quantitative estimate of drug-likeness (QED) is 0.748. The van der Waals surface area contributed by atoms with Gasteiger partial charge in [-0.2, -0.15) is 0 Å². The highest BCUT2D eigenvalue weighted by Crippen LogP contribution is 2.18. The summed E-state index contributed by atoms with van der Waals surface area (Å²) in [4.78, 5) is 28.0. The maximum Gasteiger partial charge on any atom is 0.308 e. The van der Waals surface area contributed by atoms with E-state index in [0.29, 0.717) is 44.6 Å². The van der Waals surface area contributed by atoms with Crippen LogP contribution in [0.5, 0.6) is 0 Å². The van der Waals surface area contributed by atoms with E-state index in [4.69, 9.17) is 4.74 Å². The van der Waals surface area contributed by atoms with Crippen molar-refractivity contribution in [3.63, 3.8) is 0 Å². The van der Waals surface area contributed by atoms with E-state index in [0.717, 1.165) is 13.1 Å². The number of rotatable bonds is 3. The van der Waals surface area contributed by atoms with Gasteiger partial charge in [-0.15, -0.1) is 0 Å². The summed E-state index contributed by atoms with van der Waals surface area (Å²) < 4.78 is 4.77. The summed E-state index contributed by atoms with van der Waals surface area (Å²) in [5.41, 5.74) is 0. The number of nitrogens with one attached hydrogen (secondary N) is 1. The minimum atomic E-state index is -0.146. The maximum absolute atomic E-state index is 12.4. The minimum Gasteiger partial charge on any atom is -0.469 e. The molecule has 0 aromatic heterocycles. The van der Waals surface area contributed by atoms with Crippen molar-refractivity contribution in [2.24, 2.45) is 5.92 Å². The molecular weight excluding hydrogens is 270 g/mol. The van der Waals surface area contributed by atoms with Crippen molar-refractivity contribution in [2.75, 3.05) is 39.8 Å². The standard InChI is InChI=1S/C15H27N3O3/c1-11-8-17(9-12(2)16-11)10-14(19)18-6-4-13(5-7-18)15(20)21-3/h11-13,16H,4-10H2,1-3H3. The molecule has 0 aliphatic carbocycles. The molecule has 21 heavy (non-hydrogen) atoms. The van der Waals surface area contributed by atoms with Crippen molar-refractivity contribution in [1.82, 2.24) is 15.1 Å². The molecule has 1 N–H and O–H groups in total. The third-order valence-electron chi connectivity index (χ3n) is 4.37. The fourth-order valence-electron chi connectivity index (χ4n) is 3.39. The van der Waals surface area contributed by atoms with Gasteiger partial charge < -0.3 is 15.0 Å². The van der Waals surface area contributed by atoms with E-state index in [1.165, 1.54) is 7.11 Å². The Morgan fingerprint density at radius 2 is 1.71 bits per heavy atom. The largest absolute Gasteiger partial charge is 0.469 e. The van der Waals surface area contributed by atoms with Gasteiger partial charge in [0.15, 0.2) is 0 Å². The van der Waals surface area contributed by atoms with Crippen molar-refractivity contribution in [3.8, 4) is 0 Å². The van der Waals surface area contributed by atoms with Gasteiger partial charge in [-0.05, 0) is 26.7 Å². The molecule has 2 aliphatic heterocycles. The van der Waals surface area contributed by atoms with E-state index < -0.39 is 0 Å². The van der Waals surface area contributed by atoms with Crippen LogP contribution in [0.3, 0.4) is 0 Å². The number of carbonyl (C=O) groups excluding carboxylic acids is 2. The lowest BCUT2D eigenvalue weighted by atomic mass is 9.97. The van der Waals surface area contributed by atoms with Crippen LogP contribution in [-0.2, 0) is 14.3 Å². The molecule has 2 atom stereocenters. The SMILES string of the molecule is COC(=O)C1CCN(C(=O)CN2CC(C)NC(C)C2)CC1. The molecule has 0 spiro atoms. The van der Waals surface area contributed by atoms with Crippen LogP contribution in [0.25, 0.3) is 0 Å². The molecule has 2 rings (SSSR count). The molecule has 0 saturated carbocycles. The summed E-state index contributed by atoms with van der Waals surface area (Å²) in [6.45, 7) is 7.93. The van der Waals surface area contributed by atoms with Gasteiger partial charge in [0, 0.05) is 38.3 Å². The van der Waals surface area contributed by atoms with Gasteiger partial charge in [0.1, 0.15) is 0 Å². The molecule has 2 heterocycles. The van der Waals surface area contributed by atoms with E-state index in [9.17, 15) is 9.59 Å². The Morgan fingerprint density at radius 1 is 1.14 bits per heavy atom. The number of ether oxygens (including phenoxy) is 1. The van der Waals surface area contributed by atoms with E-state index >= 15 is 0 Å². The molecule has 0 bridgehead atoms. The highest BCUT2D eigenvalue weighted by molar-refractivity contribution is 5.79. The summed E-state index contributed by atoms with van der Waals surface area (Å²) in [7, 11) is 1.42. The molecule has 2 aliphatic rings. The number of likely N-dealkylation sites (tertiary alicyclic amines) is 1. The number of carbonyl (C=O) groups is 2. The predicted octanol–water partition coefficient (Wildman–Crippen LogP) is 0.0802. The molecule has 6 nitrogen and oxygen atoms in total. The fraction of sp³-hybridized carbons (Fsp3) is 0.867. The monoisotopic (exact) mass is 297 g/mol. The Balaban J connectivity index is 1.78. The van der Waals surface area contributed by atoms with Crippen LogP contribution < -0.4 is 5.32 Å². The Hall–Kier alpha value is -1.14. The maximum atomic E-state index is 12.4. The zero-order valence-corrected chi connectivity index (χ0v) is 13.3. The lowest BCUT2D eigenvalue weighted by molar-refractivity contribution is -0.149. The van der Waals surface area contributed by atoms with Crippen LogP contribution in [0.2, 0.25) is 0 Å². The summed E-state index contributed by atoms with van der Waals surface area (Å²) in [5.74, 6) is -0.00949. The Bertz CT molecular complexity index is 370. The van der Waals surface area contributed by atoms with Crippen LogP contribution in [0.4, 0.5) is 0 Å². The smallest absolute Gasteiger partial charge is 0.308 e. The third kappa shape index (κ3) is 4.41. The van der Waals surface area contributed by atoms with Gasteiger partial charge >= 0.3 is 5.97 Å². The van der Waals surface area contributed by atoms with Crippen molar-refractivity contribution in [2.45, 2.75) is 38.8 Å². The second-order valence-corrected chi connectivity index (χ2v) is 6.34. The van der Waals surface area contributed by atoms with Gasteiger partial charge in [-0.3, -0.25) is 14.5 Å². The molecule has 6 heteroatoms. The van der Waals surface area contributed by atoms with Crippen molar-refractivity contribution in [3.05, 3.63) is 0 Å². The second-order valence-electron chi connectivity index (χ2n) is 6.34. The van der Waals surface area contributed by atoms with E-state index in [1.54, 1.807) is 0 Å². The number of piperazine rings is 1. The molecule has 2 saturated heterocycles. The number of piperidine rings is 1. The molecule has 2 fully saturated rings. The number of hydrogen-bond donors (Lipinski definition) is 1. The van der Waals surface area contributed by atoms with Gasteiger partial charge in [-0.25, -0.2) is 0 Å². The van der Waals surface area contributed by atoms with Crippen molar-refractivity contribution in [1.29, 1.82) is 0 Å². The summed E-state index contributed by atoms with van der Waals surface area (Å²) in [6, 6.07) is 0.846. The van der Waals surface area contributed by atoms with Crippen LogP contribution in [0.1, 0.15) is 26.7 Å². The molecular formula is C15H27N3O3. The first kappa shape index (κ1) is 16.2. The number of esters is 1. The highest BCUT2D eigenvalue weighted by atomic mass is 16.5. The molecule has 120 valence electrons.